The van der Waals surface area contributed by atoms with Gasteiger partial charge in [-0.2, -0.15) is 0 Å². The molecular formula is C10H11N3OS. The van der Waals surface area contributed by atoms with Crippen LogP contribution in [0.1, 0.15) is 18.7 Å². The van der Waals surface area contributed by atoms with Gasteiger partial charge >= 0.3 is 0 Å². The van der Waals surface area contributed by atoms with Crippen LogP contribution in [0.3, 0.4) is 0 Å². The Bertz CT molecular complexity index is 502. The van der Waals surface area contributed by atoms with Gasteiger partial charge in [-0.15, -0.1) is 11.3 Å². The van der Waals surface area contributed by atoms with E-state index in [4.69, 9.17) is 5.73 Å². The maximum Gasteiger partial charge on any atom is 0.251 e. The molecule has 0 aliphatic heterocycles. The van der Waals surface area contributed by atoms with Crippen molar-refractivity contribution < 1.29 is 0 Å². The van der Waals surface area contributed by atoms with Gasteiger partial charge < -0.3 is 10.7 Å². The third-order valence-electron chi connectivity index (χ3n) is 1.98. The summed E-state index contributed by atoms with van der Waals surface area (Å²) in [4.78, 5) is 19.3. The molecule has 0 spiro atoms. The van der Waals surface area contributed by atoms with Crippen LogP contribution in [0.5, 0.6) is 0 Å². The first-order valence-electron chi connectivity index (χ1n) is 4.57. The molecule has 0 amide bonds. The molecule has 2 rings (SSSR count). The molecule has 1 atom stereocenters. The van der Waals surface area contributed by atoms with Crippen LogP contribution in [-0.4, -0.2) is 9.97 Å². The van der Waals surface area contributed by atoms with Crippen molar-refractivity contribution in [1.29, 1.82) is 0 Å². The summed E-state index contributed by atoms with van der Waals surface area (Å²) in [6, 6.07) is 5.03. The molecule has 3 N–H and O–H groups in total. The highest BCUT2D eigenvalue weighted by Gasteiger charge is 2.07. The van der Waals surface area contributed by atoms with E-state index in [0.717, 1.165) is 4.88 Å². The molecule has 0 fully saturated rings. The van der Waals surface area contributed by atoms with Crippen LogP contribution in [0.2, 0.25) is 0 Å². The number of hydrogen-bond donors (Lipinski definition) is 2. The van der Waals surface area contributed by atoms with Crippen molar-refractivity contribution in [3.05, 3.63) is 39.6 Å². The zero-order chi connectivity index (χ0) is 10.8. The molecule has 0 radical (unpaired) electrons. The van der Waals surface area contributed by atoms with Gasteiger partial charge in [0.15, 0.2) is 5.82 Å². The van der Waals surface area contributed by atoms with Crippen molar-refractivity contribution in [2.75, 3.05) is 0 Å². The lowest BCUT2D eigenvalue weighted by atomic mass is 10.2. The average molecular weight is 221 g/mol. The molecule has 2 aromatic rings. The number of aromatic nitrogens is 2. The number of nitrogens with zero attached hydrogens (tertiary/aromatic N) is 1. The van der Waals surface area contributed by atoms with E-state index in [1.165, 1.54) is 17.4 Å². The third-order valence-corrected chi connectivity index (χ3v) is 2.86. The van der Waals surface area contributed by atoms with Crippen molar-refractivity contribution >= 4 is 11.3 Å². The lowest BCUT2D eigenvalue weighted by Gasteiger charge is -2.05. The van der Waals surface area contributed by atoms with E-state index in [2.05, 4.69) is 9.97 Å². The largest absolute Gasteiger partial charge is 0.323 e. The summed E-state index contributed by atoms with van der Waals surface area (Å²) < 4.78 is 0. The molecule has 0 bridgehead atoms. The topological polar surface area (TPSA) is 71.8 Å². The third kappa shape index (κ3) is 2.14. The first kappa shape index (κ1) is 10.1. The van der Waals surface area contributed by atoms with Gasteiger partial charge in [0.2, 0.25) is 0 Å². The number of hydrogen-bond acceptors (Lipinski definition) is 4. The minimum absolute atomic E-state index is 0.166. The van der Waals surface area contributed by atoms with E-state index in [1.807, 2.05) is 17.5 Å². The second-order valence-corrected chi connectivity index (χ2v) is 4.23. The van der Waals surface area contributed by atoms with Gasteiger partial charge in [-0.1, -0.05) is 6.07 Å². The number of nitrogens with two attached hydrogens (primary N) is 1. The van der Waals surface area contributed by atoms with Crippen LogP contribution in [0.15, 0.2) is 28.4 Å². The van der Waals surface area contributed by atoms with E-state index in [-0.39, 0.29) is 11.6 Å². The Balaban J connectivity index is 2.54. The van der Waals surface area contributed by atoms with E-state index in [0.29, 0.717) is 11.5 Å². The second kappa shape index (κ2) is 3.96. The van der Waals surface area contributed by atoms with Crippen molar-refractivity contribution in [3.63, 3.8) is 0 Å². The maximum absolute atomic E-state index is 11.4. The van der Waals surface area contributed by atoms with E-state index < -0.39 is 0 Å². The molecule has 0 saturated heterocycles. The molecule has 78 valence electrons. The Hall–Kier alpha value is -1.46. The number of aromatic amines is 1. The van der Waals surface area contributed by atoms with Crippen LogP contribution < -0.4 is 11.3 Å². The molecule has 0 saturated carbocycles. The van der Waals surface area contributed by atoms with E-state index >= 15 is 0 Å². The molecule has 15 heavy (non-hydrogen) atoms. The lowest BCUT2D eigenvalue weighted by molar-refractivity contribution is 0.773. The van der Waals surface area contributed by atoms with Gasteiger partial charge in [0.25, 0.3) is 5.56 Å². The molecule has 0 aromatic carbocycles. The predicted octanol–water partition coefficient (Wildman–Crippen LogP) is 1.52. The quantitative estimate of drug-likeness (QED) is 0.807. The zero-order valence-electron chi connectivity index (χ0n) is 8.23. The Morgan fingerprint density at radius 1 is 1.60 bits per heavy atom. The van der Waals surface area contributed by atoms with Gasteiger partial charge in [-0.05, 0) is 18.4 Å². The fourth-order valence-electron chi connectivity index (χ4n) is 1.24. The van der Waals surface area contributed by atoms with E-state index in [9.17, 15) is 4.79 Å². The normalized spacial score (nSPS) is 12.7. The maximum atomic E-state index is 11.4. The molecule has 1 unspecified atom stereocenters. The summed E-state index contributed by atoms with van der Waals surface area (Å²) in [5.41, 5.74) is 6.14. The summed E-state index contributed by atoms with van der Waals surface area (Å²) in [5, 5.41) is 1.94. The van der Waals surface area contributed by atoms with Crippen molar-refractivity contribution in [2.45, 2.75) is 13.0 Å². The van der Waals surface area contributed by atoms with Gasteiger partial charge in [-0.25, -0.2) is 4.98 Å². The van der Waals surface area contributed by atoms with Crippen molar-refractivity contribution in [2.24, 2.45) is 5.73 Å². The lowest BCUT2D eigenvalue weighted by Crippen LogP contribution is -2.15. The number of rotatable bonds is 2. The smallest absolute Gasteiger partial charge is 0.251 e. The summed E-state index contributed by atoms with van der Waals surface area (Å²) in [6.45, 7) is 1.81. The summed E-state index contributed by atoms with van der Waals surface area (Å²) in [6.07, 6.45) is 0. The monoisotopic (exact) mass is 221 g/mol. The van der Waals surface area contributed by atoms with Crippen LogP contribution in [0.25, 0.3) is 10.7 Å². The molecular weight excluding hydrogens is 210 g/mol. The number of thiophene rings is 1. The number of nitrogens with one attached hydrogen (secondary N) is 1. The second-order valence-electron chi connectivity index (χ2n) is 3.28. The van der Waals surface area contributed by atoms with E-state index in [1.54, 1.807) is 6.92 Å². The molecule has 5 heteroatoms. The van der Waals surface area contributed by atoms with Crippen LogP contribution in [0.4, 0.5) is 0 Å². The molecule has 0 aliphatic carbocycles. The predicted molar refractivity (Wildman–Crippen MR) is 60.8 cm³/mol. The summed E-state index contributed by atoms with van der Waals surface area (Å²) in [5.74, 6) is 0.588. The Kier molecular flexibility index (Phi) is 2.66. The van der Waals surface area contributed by atoms with Gasteiger partial charge in [0, 0.05) is 12.1 Å². The SMILES string of the molecule is CC(N)c1cc(=O)[nH]c(-c2cccs2)n1. The standard InChI is InChI=1S/C10H11N3OS/c1-6(11)7-5-9(14)13-10(12-7)8-3-2-4-15-8/h2-6H,11H2,1H3,(H,12,13,14). The minimum atomic E-state index is -0.231. The van der Waals surface area contributed by atoms with Gasteiger partial charge in [-0.3, -0.25) is 4.79 Å². The highest BCUT2D eigenvalue weighted by atomic mass is 32.1. The first-order valence-corrected chi connectivity index (χ1v) is 5.45. The average Bonchev–Trinajstić information content (AvgIpc) is 2.69. The van der Waals surface area contributed by atoms with Crippen LogP contribution in [0, 0.1) is 0 Å². The van der Waals surface area contributed by atoms with Gasteiger partial charge in [0.05, 0.1) is 10.6 Å². The molecule has 2 aromatic heterocycles. The summed E-state index contributed by atoms with van der Waals surface area (Å²) >= 11 is 1.53. The Morgan fingerprint density at radius 3 is 3.00 bits per heavy atom. The first-order chi connectivity index (χ1) is 7.16. The molecule has 0 aliphatic rings. The fourth-order valence-corrected chi connectivity index (χ4v) is 1.91. The fraction of sp³-hybridized carbons (Fsp3) is 0.200. The highest BCUT2D eigenvalue weighted by molar-refractivity contribution is 7.13. The van der Waals surface area contributed by atoms with Crippen LogP contribution >= 0.6 is 11.3 Å². The molecule has 2 heterocycles. The molecule has 4 nitrogen and oxygen atoms in total. The highest BCUT2D eigenvalue weighted by Crippen LogP contribution is 2.20. The number of H-pyrrole nitrogens is 1. The van der Waals surface area contributed by atoms with Crippen LogP contribution in [-0.2, 0) is 0 Å². The van der Waals surface area contributed by atoms with Gasteiger partial charge in [0.1, 0.15) is 0 Å². The Labute approximate surface area is 90.8 Å². The summed E-state index contributed by atoms with van der Waals surface area (Å²) in [7, 11) is 0. The minimum Gasteiger partial charge on any atom is -0.323 e. The zero-order valence-corrected chi connectivity index (χ0v) is 9.04. The Morgan fingerprint density at radius 2 is 2.40 bits per heavy atom. The van der Waals surface area contributed by atoms with Crippen molar-refractivity contribution in [3.8, 4) is 10.7 Å². The van der Waals surface area contributed by atoms with Crippen molar-refractivity contribution in [1.82, 2.24) is 9.97 Å².